The molecule has 8 nitrogen and oxygen atoms in total. The molecule has 2 atom stereocenters. The second-order valence-corrected chi connectivity index (χ2v) is 10.8. The molecule has 0 aliphatic heterocycles. The molecule has 10 heteroatoms. The van der Waals surface area contributed by atoms with Gasteiger partial charge in [-0.3, -0.25) is 4.57 Å². The van der Waals surface area contributed by atoms with Gasteiger partial charge in [0, 0.05) is 27.2 Å². The quantitative estimate of drug-likeness (QED) is 0.151. The molecule has 0 spiro atoms. The van der Waals surface area contributed by atoms with Gasteiger partial charge in [-0.25, -0.2) is 9.78 Å². The SMILES string of the molecule is Cc1[nH]c([C@H]([C@@H](C)c2ccccc2)n2c(O)c(-c3ccc(OCCO)cc3)[nH]c2=O)nc1-c1ccc(Br)cc1Cl. The van der Waals surface area contributed by atoms with Crippen molar-refractivity contribution in [1.29, 1.82) is 0 Å². The maximum atomic E-state index is 13.5. The number of imidazole rings is 2. The molecule has 0 bridgehead atoms. The fraction of sp³-hybridized carbons (Fsp3) is 0.200. The van der Waals surface area contributed by atoms with E-state index in [4.69, 9.17) is 26.4 Å². The average Bonchev–Trinajstić information content (AvgIpc) is 3.47. The number of aryl methyl sites for hydroxylation is 1. The number of rotatable bonds is 9. The Morgan fingerprint density at radius 1 is 1.07 bits per heavy atom. The van der Waals surface area contributed by atoms with Crippen molar-refractivity contribution in [2.75, 3.05) is 13.2 Å². The van der Waals surface area contributed by atoms with Crippen LogP contribution in [0, 0.1) is 6.92 Å². The highest BCUT2D eigenvalue weighted by atomic mass is 79.9. The van der Waals surface area contributed by atoms with Gasteiger partial charge in [0.15, 0.2) is 0 Å². The summed E-state index contributed by atoms with van der Waals surface area (Å²) < 4.78 is 7.63. The van der Waals surface area contributed by atoms with Gasteiger partial charge in [0.1, 0.15) is 29.9 Å². The van der Waals surface area contributed by atoms with Crippen molar-refractivity contribution in [2.24, 2.45) is 0 Å². The van der Waals surface area contributed by atoms with Crippen LogP contribution in [-0.4, -0.2) is 42.9 Å². The summed E-state index contributed by atoms with van der Waals surface area (Å²) in [5, 5.41) is 21.0. The number of aromatic hydroxyl groups is 1. The number of nitrogens with one attached hydrogen (secondary N) is 2. The van der Waals surface area contributed by atoms with Gasteiger partial charge >= 0.3 is 5.69 Å². The second kappa shape index (κ2) is 11.8. The standard InChI is InChI=1S/C30H28BrClN4O4/c1-17(19-6-4-3-5-7-19)27(28-33-18(2)25(34-28)23-13-10-21(31)16-24(23)32)36-29(38)26(35-30(36)39)20-8-11-22(12-9-20)40-15-14-37/h3-13,16-17,27,37-38H,14-15H2,1-2H3,(H,33,34)(H,35,39)/t17-,27-/m0/s1. The first-order valence-corrected chi connectivity index (χ1v) is 13.9. The third kappa shape index (κ3) is 5.45. The fourth-order valence-electron chi connectivity index (χ4n) is 4.87. The molecule has 0 saturated heterocycles. The van der Waals surface area contributed by atoms with Crippen LogP contribution >= 0.6 is 27.5 Å². The van der Waals surface area contributed by atoms with Gasteiger partial charge in [0.25, 0.3) is 0 Å². The Bertz CT molecular complexity index is 1680. The molecule has 5 aromatic rings. The van der Waals surface area contributed by atoms with E-state index in [9.17, 15) is 9.90 Å². The number of hydrogen-bond acceptors (Lipinski definition) is 5. The van der Waals surface area contributed by atoms with E-state index in [0.717, 1.165) is 21.3 Å². The van der Waals surface area contributed by atoms with Crippen molar-refractivity contribution >= 4 is 27.5 Å². The summed E-state index contributed by atoms with van der Waals surface area (Å²) in [5.74, 6) is 0.624. The Morgan fingerprint density at radius 2 is 1.80 bits per heavy atom. The minimum absolute atomic E-state index is 0.0955. The Morgan fingerprint density at radius 3 is 2.48 bits per heavy atom. The summed E-state index contributed by atoms with van der Waals surface area (Å²) in [6.45, 7) is 3.98. The number of aliphatic hydroxyl groups excluding tert-OH is 1. The van der Waals surface area contributed by atoms with Crippen LogP contribution in [0.4, 0.5) is 0 Å². The minimum Gasteiger partial charge on any atom is -0.493 e. The van der Waals surface area contributed by atoms with Crippen molar-refractivity contribution in [3.63, 3.8) is 0 Å². The highest BCUT2D eigenvalue weighted by molar-refractivity contribution is 9.10. The molecule has 4 N–H and O–H groups in total. The summed E-state index contributed by atoms with van der Waals surface area (Å²) in [5.41, 5.74) is 3.59. The zero-order chi connectivity index (χ0) is 28.4. The zero-order valence-corrected chi connectivity index (χ0v) is 24.2. The molecule has 0 amide bonds. The van der Waals surface area contributed by atoms with Gasteiger partial charge in [-0.15, -0.1) is 0 Å². The normalized spacial score (nSPS) is 12.8. The smallest absolute Gasteiger partial charge is 0.329 e. The van der Waals surface area contributed by atoms with Crippen molar-refractivity contribution in [2.45, 2.75) is 25.8 Å². The summed E-state index contributed by atoms with van der Waals surface area (Å²) in [6.07, 6.45) is 0. The van der Waals surface area contributed by atoms with E-state index in [1.54, 1.807) is 24.3 Å². The molecule has 0 aliphatic carbocycles. The van der Waals surface area contributed by atoms with Gasteiger partial charge in [-0.2, -0.15) is 0 Å². The van der Waals surface area contributed by atoms with Crippen LogP contribution in [0.25, 0.3) is 22.5 Å². The lowest BCUT2D eigenvalue weighted by molar-refractivity contribution is 0.201. The number of ether oxygens (including phenoxy) is 1. The number of benzene rings is 3. The van der Waals surface area contributed by atoms with Crippen molar-refractivity contribution in [3.8, 4) is 34.1 Å². The number of aromatic amines is 2. The summed E-state index contributed by atoms with van der Waals surface area (Å²) in [6, 6.07) is 21.6. The first-order valence-electron chi connectivity index (χ1n) is 12.7. The van der Waals surface area contributed by atoms with E-state index in [1.807, 2.05) is 62.4 Å². The third-order valence-corrected chi connectivity index (χ3v) is 7.66. The molecular formula is C30H28BrClN4O4. The average molecular weight is 624 g/mol. The number of halogens is 2. The summed E-state index contributed by atoms with van der Waals surface area (Å²) in [7, 11) is 0. The second-order valence-electron chi connectivity index (χ2n) is 9.46. The molecule has 0 aliphatic rings. The molecule has 2 heterocycles. The predicted octanol–water partition coefficient (Wildman–Crippen LogP) is 6.43. The third-order valence-electron chi connectivity index (χ3n) is 6.85. The van der Waals surface area contributed by atoms with Crippen LogP contribution in [0.15, 0.2) is 82.1 Å². The van der Waals surface area contributed by atoms with Crippen LogP contribution in [0.3, 0.4) is 0 Å². The largest absolute Gasteiger partial charge is 0.493 e. The van der Waals surface area contributed by atoms with Crippen molar-refractivity contribution in [3.05, 3.63) is 110 Å². The van der Waals surface area contributed by atoms with Gasteiger partial charge in [-0.1, -0.05) is 70.9 Å². The maximum absolute atomic E-state index is 13.5. The topological polar surface area (TPSA) is 116 Å². The first kappa shape index (κ1) is 27.8. The Hall–Kier alpha value is -3.79. The molecular weight excluding hydrogens is 596 g/mol. The molecule has 206 valence electrons. The highest BCUT2D eigenvalue weighted by Gasteiger charge is 2.32. The lowest BCUT2D eigenvalue weighted by atomic mass is 9.92. The van der Waals surface area contributed by atoms with E-state index < -0.39 is 11.7 Å². The number of H-pyrrole nitrogens is 2. The van der Waals surface area contributed by atoms with E-state index in [0.29, 0.717) is 27.9 Å². The maximum Gasteiger partial charge on any atom is 0.329 e. The Balaban J connectivity index is 1.62. The molecule has 0 radical (unpaired) electrons. The molecule has 5 rings (SSSR count). The van der Waals surface area contributed by atoms with E-state index in [2.05, 4.69) is 25.9 Å². The number of aliphatic hydroxyl groups is 1. The summed E-state index contributed by atoms with van der Waals surface area (Å²) in [4.78, 5) is 24.6. The molecule has 3 aromatic carbocycles. The van der Waals surface area contributed by atoms with E-state index in [1.165, 1.54) is 4.57 Å². The van der Waals surface area contributed by atoms with Crippen LogP contribution in [-0.2, 0) is 0 Å². The van der Waals surface area contributed by atoms with Crippen LogP contribution in [0.1, 0.15) is 36.0 Å². The highest BCUT2D eigenvalue weighted by Crippen LogP contribution is 2.39. The Kier molecular flexibility index (Phi) is 8.16. The fourth-order valence-corrected chi connectivity index (χ4v) is 5.63. The molecule has 0 fully saturated rings. The lowest BCUT2D eigenvalue weighted by Gasteiger charge is -2.24. The Labute approximate surface area is 244 Å². The predicted molar refractivity (Wildman–Crippen MR) is 159 cm³/mol. The first-order chi connectivity index (χ1) is 19.3. The summed E-state index contributed by atoms with van der Waals surface area (Å²) >= 11 is 10.0. The molecule has 40 heavy (non-hydrogen) atoms. The van der Waals surface area contributed by atoms with Gasteiger partial charge in [-0.05, 0) is 48.9 Å². The minimum atomic E-state index is -0.672. The van der Waals surface area contributed by atoms with Crippen molar-refractivity contribution in [1.82, 2.24) is 19.5 Å². The van der Waals surface area contributed by atoms with Gasteiger partial charge in [0.05, 0.1) is 17.3 Å². The molecule has 0 unspecified atom stereocenters. The molecule has 2 aromatic heterocycles. The number of hydrogen-bond donors (Lipinski definition) is 4. The van der Waals surface area contributed by atoms with Gasteiger partial charge in [0.2, 0.25) is 5.88 Å². The van der Waals surface area contributed by atoms with E-state index >= 15 is 0 Å². The zero-order valence-electron chi connectivity index (χ0n) is 21.9. The lowest BCUT2D eigenvalue weighted by Crippen LogP contribution is -2.27. The van der Waals surface area contributed by atoms with Crippen LogP contribution in [0.2, 0.25) is 5.02 Å². The monoisotopic (exact) mass is 622 g/mol. The van der Waals surface area contributed by atoms with Crippen LogP contribution in [0.5, 0.6) is 11.6 Å². The number of aromatic nitrogens is 4. The van der Waals surface area contributed by atoms with Crippen molar-refractivity contribution < 1.29 is 14.9 Å². The van der Waals surface area contributed by atoms with Gasteiger partial charge < -0.3 is 24.9 Å². The molecule has 0 saturated carbocycles. The van der Waals surface area contributed by atoms with E-state index in [-0.39, 0.29) is 30.7 Å². The van der Waals surface area contributed by atoms with Crippen LogP contribution < -0.4 is 10.4 Å². The number of nitrogens with zero attached hydrogens (tertiary/aromatic N) is 2.